The summed E-state index contributed by atoms with van der Waals surface area (Å²) in [5.41, 5.74) is 0.646. The average Bonchev–Trinajstić information content (AvgIpc) is 2.86. The van der Waals surface area contributed by atoms with E-state index in [1.807, 2.05) is 13.8 Å². The van der Waals surface area contributed by atoms with Crippen LogP contribution in [0.1, 0.15) is 26.3 Å². The van der Waals surface area contributed by atoms with Crippen molar-refractivity contribution in [3.63, 3.8) is 0 Å². The van der Waals surface area contributed by atoms with E-state index in [9.17, 15) is 9.18 Å². The third-order valence-corrected chi connectivity index (χ3v) is 2.79. The van der Waals surface area contributed by atoms with Crippen LogP contribution in [0.5, 0.6) is 0 Å². The van der Waals surface area contributed by atoms with Crippen LogP contribution in [-0.2, 0) is 4.79 Å². The van der Waals surface area contributed by atoms with Gasteiger partial charge in [-0.15, -0.1) is 0 Å². The molecule has 0 spiro atoms. The lowest BCUT2D eigenvalue weighted by molar-refractivity contribution is -0.117. The van der Waals surface area contributed by atoms with E-state index >= 15 is 0 Å². The van der Waals surface area contributed by atoms with Gasteiger partial charge < -0.3 is 10.6 Å². The van der Waals surface area contributed by atoms with Crippen molar-refractivity contribution in [3.8, 4) is 0 Å². The van der Waals surface area contributed by atoms with E-state index in [1.165, 1.54) is 0 Å². The van der Waals surface area contributed by atoms with Crippen molar-refractivity contribution in [2.45, 2.75) is 38.5 Å². The number of hydrogen-bond acceptors (Lipinski definition) is 3. The molecule has 2 N–H and O–H groups in total. The Kier molecular flexibility index (Phi) is 3.42. The van der Waals surface area contributed by atoms with Crippen LogP contribution in [0.3, 0.4) is 0 Å². The Labute approximate surface area is 99.4 Å². The van der Waals surface area contributed by atoms with Gasteiger partial charge in [-0.2, -0.15) is 5.10 Å². The third-order valence-electron chi connectivity index (χ3n) is 2.79. The summed E-state index contributed by atoms with van der Waals surface area (Å²) < 4.78 is 14.7. The molecule has 6 heteroatoms. The normalized spacial score (nSPS) is 24.2. The molecule has 0 aromatic carbocycles. The molecule has 1 aliphatic heterocycles. The number of anilines is 1. The molecule has 1 aromatic heterocycles. The number of alkyl halides is 1. The zero-order chi connectivity index (χ0) is 12.4. The largest absolute Gasteiger partial charge is 0.322 e. The molecule has 0 bridgehead atoms. The molecule has 0 aliphatic carbocycles. The van der Waals surface area contributed by atoms with Gasteiger partial charge in [0.25, 0.3) is 0 Å². The van der Waals surface area contributed by atoms with Gasteiger partial charge in [0.1, 0.15) is 6.17 Å². The van der Waals surface area contributed by atoms with Crippen LogP contribution >= 0.6 is 0 Å². The summed E-state index contributed by atoms with van der Waals surface area (Å²) in [4.78, 5) is 11.8. The summed E-state index contributed by atoms with van der Waals surface area (Å²) in [6, 6.07) is -0.187. The second-order valence-electron chi connectivity index (χ2n) is 4.59. The number of amides is 1. The Bertz CT molecular complexity index is 404. The van der Waals surface area contributed by atoms with Crippen LogP contribution in [0, 0.1) is 0 Å². The summed E-state index contributed by atoms with van der Waals surface area (Å²) in [6.45, 7) is 4.26. The van der Waals surface area contributed by atoms with Crippen LogP contribution in [0.15, 0.2) is 12.4 Å². The molecule has 1 amide bonds. The van der Waals surface area contributed by atoms with E-state index in [-0.39, 0.29) is 24.9 Å². The summed E-state index contributed by atoms with van der Waals surface area (Å²) in [6.07, 6.45) is 2.68. The first kappa shape index (κ1) is 12.0. The molecule has 0 radical (unpaired) electrons. The number of halogens is 1. The Hall–Kier alpha value is -1.43. The number of hydrogen-bond donors (Lipinski definition) is 2. The van der Waals surface area contributed by atoms with E-state index in [4.69, 9.17) is 0 Å². The minimum Gasteiger partial charge on any atom is -0.322 e. The molecule has 94 valence electrons. The van der Waals surface area contributed by atoms with Crippen molar-refractivity contribution in [1.82, 2.24) is 15.1 Å². The monoisotopic (exact) mass is 240 g/mol. The van der Waals surface area contributed by atoms with Gasteiger partial charge in [-0.25, -0.2) is 4.39 Å². The van der Waals surface area contributed by atoms with E-state index in [0.717, 1.165) is 0 Å². The van der Waals surface area contributed by atoms with Gasteiger partial charge in [-0.3, -0.25) is 9.48 Å². The average molecular weight is 240 g/mol. The zero-order valence-electron chi connectivity index (χ0n) is 9.98. The van der Waals surface area contributed by atoms with E-state index in [2.05, 4.69) is 15.7 Å². The molecular formula is C11H17FN4O. The first-order chi connectivity index (χ1) is 8.06. The van der Waals surface area contributed by atoms with Gasteiger partial charge in [0, 0.05) is 25.2 Å². The Morgan fingerprint density at radius 1 is 1.71 bits per heavy atom. The minimum absolute atomic E-state index is 0.201. The van der Waals surface area contributed by atoms with Crippen molar-refractivity contribution < 1.29 is 9.18 Å². The highest BCUT2D eigenvalue weighted by molar-refractivity contribution is 5.94. The molecule has 17 heavy (non-hydrogen) atoms. The second kappa shape index (κ2) is 4.83. The highest BCUT2D eigenvalue weighted by Gasteiger charge is 2.29. The maximum absolute atomic E-state index is 12.9. The molecule has 2 atom stereocenters. The zero-order valence-corrected chi connectivity index (χ0v) is 9.98. The van der Waals surface area contributed by atoms with E-state index in [0.29, 0.717) is 5.69 Å². The van der Waals surface area contributed by atoms with Gasteiger partial charge in [-0.05, 0) is 13.8 Å². The quantitative estimate of drug-likeness (QED) is 0.832. The predicted molar refractivity (Wildman–Crippen MR) is 62.5 cm³/mol. The van der Waals surface area contributed by atoms with Crippen LogP contribution < -0.4 is 10.6 Å². The number of rotatable bonds is 3. The van der Waals surface area contributed by atoms with E-state index in [1.54, 1.807) is 17.1 Å². The molecule has 5 nitrogen and oxygen atoms in total. The van der Waals surface area contributed by atoms with Gasteiger partial charge >= 0.3 is 0 Å². The lowest BCUT2D eigenvalue weighted by Crippen LogP contribution is -2.35. The molecule has 0 unspecified atom stereocenters. The van der Waals surface area contributed by atoms with E-state index < -0.39 is 12.2 Å². The number of carbonyl (C=O) groups is 1. The summed E-state index contributed by atoms with van der Waals surface area (Å²) >= 11 is 0. The second-order valence-corrected chi connectivity index (χ2v) is 4.59. The maximum atomic E-state index is 12.9. The highest BCUT2D eigenvalue weighted by atomic mass is 19.1. The minimum atomic E-state index is -0.927. The molecule has 1 aromatic rings. The van der Waals surface area contributed by atoms with Gasteiger partial charge in [-0.1, -0.05) is 0 Å². The lowest BCUT2D eigenvalue weighted by atomic mass is 10.2. The van der Waals surface area contributed by atoms with Crippen LogP contribution in [0.4, 0.5) is 10.1 Å². The lowest BCUT2D eigenvalue weighted by Gasteiger charge is -2.09. The fourth-order valence-corrected chi connectivity index (χ4v) is 1.81. The molecule has 2 rings (SSSR count). The number of nitrogens with zero attached hydrogens (tertiary/aromatic N) is 2. The third kappa shape index (κ3) is 2.82. The molecular weight excluding hydrogens is 223 g/mol. The summed E-state index contributed by atoms with van der Waals surface area (Å²) in [5.74, 6) is -0.201. The predicted octanol–water partition coefficient (Wildman–Crippen LogP) is 1.10. The van der Waals surface area contributed by atoms with Crippen molar-refractivity contribution >= 4 is 11.6 Å². The number of nitrogens with one attached hydrogen (secondary N) is 2. The first-order valence-corrected chi connectivity index (χ1v) is 5.78. The summed E-state index contributed by atoms with van der Waals surface area (Å²) in [7, 11) is 0. The SMILES string of the molecule is CC(C)n1cc(NC(=O)[C@@H]2C[C@@H](F)CN2)cn1. The molecule has 0 saturated carbocycles. The highest BCUT2D eigenvalue weighted by Crippen LogP contribution is 2.14. The first-order valence-electron chi connectivity index (χ1n) is 5.78. The maximum Gasteiger partial charge on any atom is 0.241 e. The fraction of sp³-hybridized carbons (Fsp3) is 0.636. The fourth-order valence-electron chi connectivity index (χ4n) is 1.81. The van der Waals surface area contributed by atoms with Gasteiger partial charge in [0.2, 0.25) is 5.91 Å². The number of carbonyl (C=O) groups excluding carboxylic acids is 1. The molecule has 1 fully saturated rings. The van der Waals surface area contributed by atoms with Gasteiger partial charge in [0.05, 0.1) is 17.9 Å². The Morgan fingerprint density at radius 2 is 2.47 bits per heavy atom. The molecule has 2 heterocycles. The van der Waals surface area contributed by atoms with Crippen molar-refractivity contribution in [2.75, 3.05) is 11.9 Å². The molecule has 1 aliphatic rings. The smallest absolute Gasteiger partial charge is 0.241 e. The summed E-state index contributed by atoms with van der Waals surface area (Å²) in [5, 5.41) is 9.69. The standard InChI is InChI=1S/C11H17FN4O/c1-7(2)16-6-9(5-14-16)15-11(17)10-3-8(12)4-13-10/h5-8,10,13H,3-4H2,1-2H3,(H,15,17)/t8-,10+/m1/s1. The van der Waals surface area contributed by atoms with Crippen molar-refractivity contribution in [2.24, 2.45) is 0 Å². The Morgan fingerprint density at radius 3 is 3.00 bits per heavy atom. The van der Waals surface area contributed by atoms with Crippen LogP contribution in [0.25, 0.3) is 0 Å². The van der Waals surface area contributed by atoms with Gasteiger partial charge in [0.15, 0.2) is 0 Å². The number of aromatic nitrogens is 2. The van der Waals surface area contributed by atoms with Crippen LogP contribution in [0.2, 0.25) is 0 Å². The van der Waals surface area contributed by atoms with Crippen LogP contribution in [-0.4, -0.2) is 34.4 Å². The van der Waals surface area contributed by atoms with Crippen molar-refractivity contribution in [1.29, 1.82) is 0 Å². The van der Waals surface area contributed by atoms with Crippen molar-refractivity contribution in [3.05, 3.63) is 12.4 Å². The molecule has 1 saturated heterocycles. The Balaban J connectivity index is 1.93. The topological polar surface area (TPSA) is 59.0 Å².